The van der Waals surface area contributed by atoms with Crippen molar-refractivity contribution in [3.8, 4) is 45.0 Å². The first-order chi connectivity index (χ1) is 26.3. The molecule has 3 aromatic heterocycles. The molecule has 7 aromatic rings. The number of aromatic amines is 2. The summed E-state index contributed by atoms with van der Waals surface area (Å²) in [6, 6.07) is 33.9. The van der Waals surface area contributed by atoms with E-state index in [4.69, 9.17) is 19.4 Å². The number of esters is 2. The van der Waals surface area contributed by atoms with Gasteiger partial charge in [0.15, 0.2) is 0 Å². The molecule has 9 rings (SSSR count). The fourth-order valence-electron chi connectivity index (χ4n) is 8.19. The molecule has 4 aromatic carbocycles. The highest BCUT2D eigenvalue weighted by molar-refractivity contribution is 6.08. The van der Waals surface area contributed by atoms with Gasteiger partial charge >= 0.3 is 11.9 Å². The molecule has 266 valence electrons. The number of hydrogen-bond acceptors (Lipinski definition) is 6. The van der Waals surface area contributed by atoms with Gasteiger partial charge in [-0.15, -0.1) is 0 Å². The van der Waals surface area contributed by atoms with Crippen LogP contribution in [0.25, 0.3) is 88.6 Å². The summed E-state index contributed by atoms with van der Waals surface area (Å²) in [6.45, 7) is 4.17. The third kappa shape index (κ3) is 5.53. The number of nitrogens with zero attached hydrogens (tertiary/aromatic N) is 2. The fraction of sp³-hybridized carbons (Fsp3) is 0.174. The van der Waals surface area contributed by atoms with E-state index in [1.54, 1.807) is 0 Å². The van der Waals surface area contributed by atoms with Crippen LogP contribution in [-0.4, -0.2) is 46.1 Å². The molecule has 2 aliphatic rings. The van der Waals surface area contributed by atoms with Crippen LogP contribution in [-0.2, 0) is 31.9 Å². The third-order valence-corrected chi connectivity index (χ3v) is 11.0. The number of hydrogen-bond donors (Lipinski definition) is 2. The number of carbonyl (C=O) groups is 2. The zero-order chi connectivity index (χ0) is 37.1. The zero-order valence-electron chi connectivity index (χ0n) is 30.6. The second kappa shape index (κ2) is 13.1. The van der Waals surface area contributed by atoms with Crippen molar-refractivity contribution < 1.29 is 19.1 Å². The Hall–Kier alpha value is -6.54. The zero-order valence-corrected chi connectivity index (χ0v) is 30.6. The van der Waals surface area contributed by atoms with Crippen LogP contribution in [0.1, 0.15) is 35.1 Å². The first-order valence-electron chi connectivity index (χ1n) is 18.2. The lowest BCUT2D eigenvalue weighted by Crippen LogP contribution is -2.02. The number of H-pyrrole nitrogens is 2. The molecule has 0 amide bonds. The largest absolute Gasteiger partial charge is 0.469 e. The summed E-state index contributed by atoms with van der Waals surface area (Å²) in [4.78, 5) is 42.9. The van der Waals surface area contributed by atoms with Gasteiger partial charge in [0.2, 0.25) is 0 Å². The van der Waals surface area contributed by atoms with Gasteiger partial charge in [0, 0.05) is 57.2 Å². The summed E-state index contributed by atoms with van der Waals surface area (Å²) in [5.74, 6) is -0.540. The molecular weight excluding hydrogens is 673 g/mol. The summed E-state index contributed by atoms with van der Waals surface area (Å²) >= 11 is 0. The van der Waals surface area contributed by atoms with E-state index in [1.165, 1.54) is 14.2 Å². The molecule has 0 atom stereocenters. The Kier molecular flexibility index (Phi) is 8.11. The van der Waals surface area contributed by atoms with Crippen LogP contribution < -0.4 is 0 Å². The van der Waals surface area contributed by atoms with Crippen molar-refractivity contribution in [2.75, 3.05) is 14.2 Å². The fourth-order valence-corrected chi connectivity index (χ4v) is 8.19. The minimum Gasteiger partial charge on any atom is -0.469 e. The van der Waals surface area contributed by atoms with Crippen LogP contribution in [0.4, 0.5) is 0 Å². The van der Waals surface area contributed by atoms with Crippen molar-refractivity contribution in [3.63, 3.8) is 0 Å². The smallest absolute Gasteiger partial charge is 0.305 e. The second-order valence-corrected chi connectivity index (χ2v) is 14.0. The van der Waals surface area contributed by atoms with Gasteiger partial charge in [0.1, 0.15) is 0 Å². The predicted molar refractivity (Wildman–Crippen MR) is 215 cm³/mol. The molecule has 5 heterocycles. The topological polar surface area (TPSA) is 110 Å². The molecule has 0 fully saturated rings. The van der Waals surface area contributed by atoms with E-state index in [1.807, 2.05) is 0 Å². The number of fused-ring (bicyclic) bond motifs is 18. The van der Waals surface area contributed by atoms with Crippen LogP contribution in [0.2, 0.25) is 0 Å². The summed E-state index contributed by atoms with van der Waals surface area (Å²) < 4.78 is 10.1. The Balaban J connectivity index is 1.42. The molecule has 0 unspecified atom stereocenters. The Morgan fingerprint density at radius 3 is 1.43 bits per heavy atom. The molecule has 0 saturated heterocycles. The Labute approximate surface area is 311 Å². The lowest BCUT2D eigenvalue weighted by atomic mass is 9.95. The maximum Gasteiger partial charge on any atom is 0.305 e. The standard InChI is InChI=1S/C46H38N4O4/c1-25-29(17-19-43(51)53-3)37-23-38-30(18-20-44(52)54-4)26(2)36(48-38)22-42-46-32-12-8-6-10-28(32)14-16-34(46)40(50-42)24-39-33-15-13-27-9-5-7-11-31(27)45(33)41(49-39)21-35(25)47-37/h5-16,21-24,47-48H,17-20H2,1-4H3. The highest BCUT2D eigenvalue weighted by atomic mass is 16.5. The highest BCUT2D eigenvalue weighted by Crippen LogP contribution is 2.45. The molecular formula is C46H38N4O4. The van der Waals surface area contributed by atoms with E-state index in [2.05, 4.69) is 121 Å². The molecule has 54 heavy (non-hydrogen) atoms. The van der Waals surface area contributed by atoms with E-state index in [-0.39, 0.29) is 24.8 Å². The van der Waals surface area contributed by atoms with E-state index in [0.29, 0.717) is 12.8 Å². The molecule has 0 saturated carbocycles. The monoisotopic (exact) mass is 710 g/mol. The minimum atomic E-state index is -0.270. The number of carbonyl (C=O) groups excluding carboxylic acids is 2. The van der Waals surface area contributed by atoms with E-state index >= 15 is 0 Å². The molecule has 0 aliphatic carbocycles. The Morgan fingerprint density at radius 2 is 0.981 bits per heavy atom. The highest BCUT2D eigenvalue weighted by Gasteiger charge is 2.24. The Morgan fingerprint density at radius 1 is 0.537 bits per heavy atom. The predicted octanol–water partition coefficient (Wildman–Crippen LogP) is 10.1. The molecule has 0 spiro atoms. The van der Waals surface area contributed by atoms with Gasteiger partial charge in [-0.05, 0) is 94.8 Å². The first kappa shape index (κ1) is 33.3. The molecule has 8 heteroatoms. The van der Waals surface area contributed by atoms with Gasteiger partial charge in [-0.3, -0.25) is 9.59 Å². The quantitative estimate of drug-likeness (QED) is 0.166. The number of ether oxygens (including phenoxy) is 2. The number of benzene rings is 4. The summed E-state index contributed by atoms with van der Waals surface area (Å²) in [5.41, 5.74) is 15.3. The van der Waals surface area contributed by atoms with Gasteiger partial charge in [-0.25, -0.2) is 9.97 Å². The maximum atomic E-state index is 12.4. The summed E-state index contributed by atoms with van der Waals surface area (Å²) in [7, 11) is 2.83. The number of aromatic nitrogens is 4. The van der Waals surface area contributed by atoms with Crippen LogP contribution in [0.5, 0.6) is 0 Å². The van der Waals surface area contributed by atoms with E-state index in [9.17, 15) is 9.59 Å². The average molecular weight is 711 g/mol. The van der Waals surface area contributed by atoms with Crippen LogP contribution in [0.3, 0.4) is 0 Å². The normalized spacial score (nSPS) is 11.8. The van der Waals surface area contributed by atoms with E-state index in [0.717, 1.165) is 111 Å². The number of aryl methyl sites for hydroxylation is 4. The van der Waals surface area contributed by atoms with Gasteiger partial charge in [0.05, 0.1) is 37.0 Å². The van der Waals surface area contributed by atoms with Crippen molar-refractivity contribution in [1.29, 1.82) is 0 Å². The van der Waals surface area contributed by atoms with Gasteiger partial charge in [-0.1, -0.05) is 72.8 Å². The van der Waals surface area contributed by atoms with Gasteiger partial charge in [0.25, 0.3) is 0 Å². The number of nitrogens with one attached hydrogen (secondary N) is 2. The second-order valence-electron chi connectivity index (χ2n) is 14.0. The minimum absolute atomic E-state index is 0.237. The molecule has 2 N–H and O–H groups in total. The maximum absolute atomic E-state index is 12.4. The van der Waals surface area contributed by atoms with Crippen molar-refractivity contribution >= 4 is 55.6 Å². The Bertz CT molecular complexity index is 2690. The molecule has 8 nitrogen and oxygen atoms in total. The number of rotatable bonds is 6. The SMILES string of the molecule is COC(=O)CCc1c(C)c2cc3nc(cc4nc(cc5[nH]c(cc1[nH]2)c(CCC(=O)OC)c5C)-c1c-4ccc2ccccc12)-c1ccc2ccccc2c1-3. The third-order valence-electron chi connectivity index (χ3n) is 11.0. The van der Waals surface area contributed by atoms with Gasteiger partial charge in [-0.2, -0.15) is 0 Å². The van der Waals surface area contributed by atoms with Crippen LogP contribution in [0, 0.1) is 13.8 Å². The summed E-state index contributed by atoms with van der Waals surface area (Å²) in [5, 5.41) is 4.52. The number of methoxy groups -OCH3 is 2. The van der Waals surface area contributed by atoms with Crippen molar-refractivity contribution in [2.24, 2.45) is 0 Å². The first-order valence-corrected chi connectivity index (χ1v) is 18.2. The molecule has 2 aliphatic heterocycles. The van der Waals surface area contributed by atoms with E-state index < -0.39 is 0 Å². The molecule has 8 bridgehead atoms. The lowest BCUT2D eigenvalue weighted by molar-refractivity contribution is -0.141. The van der Waals surface area contributed by atoms with Gasteiger partial charge < -0.3 is 19.4 Å². The van der Waals surface area contributed by atoms with Crippen molar-refractivity contribution in [3.05, 3.63) is 119 Å². The van der Waals surface area contributed by atoms with Crippen LogP contribution >= 0.6 is 0 Å². The lowest BCUT2D eigenvalue weighted by Gasteiger charge is -2.06. The molecule has 0 radical (unpaired) electrons. The van der Waals surface area contributed by atoms with Crippen LogP contribution in [0.15, 0.2) is 97.1 Å². The summed E-state index contributed by atoms with van der Waals surface area (Å²) in [6.07, 6.45) is 1.45. The van der Waals surface area contributed by atoms with Crippen molar-refractivity contribution in [1.82, 2.24) is 19.9 Å². The average Bonchev–Trinajstić information content (AvgIpc) is 3.90. The van der Waals surface area contributed by atoms with Crippen molar-refractivity contribution in [2.45, 2.75) is 39.5 Å².